The molecule has 2 aliphatic rings. The van der Waals surface area contributed by atoms with Gasteiger partial charge in [-0.25, -0.2) is 4.98 Å². The molecule has 2 aliphatic carbocycles. The second kappa shape index (κ2) is 7.80. The van der Waals surface area contributed by atoms with Crippen LogP contribution in [0.25, 0.3) is 16.5 Å². The van der Waals surface area contributed by atoms with Gasteiger partial charge in [-0.1, -0.05) is 13.0 Å². The van der Waals surface area contributed by atoms with Crippen molar-refractivity contribution in [2.45, 2.75) is 65.4 Å². The van der Waals surface area contributed by atoms with Gasteiger partial charge >= 0.3 is 0 Å². The largest absolute Gasteiger partial charge is 0.398 e. The minimum Gasteiger partial charge on any atom is -0.398 e. The molecule has 5 nitrogen and oxygen atoms in total. The lowest BCUT2D eigenvalue weighted by molar-refractivity contribution is -0.126. The fourth-order valence-electron chi connectivity index (χ4n) is 4.97. The van der Waals surface area contributed by atoms with E-state index in [1.165, 1.54) is 29.0 Å². The molecule has 0 amide bonds. The molecule has 156 valence electrons. The number of aromatic nitrogens is 1. The van der Waals surface area contributed by atoms with Gasteiger partial charge in [0.1, 0.15) is 6.10 Å². The Balaban J connectivity index is 1.94. The summed E-state index contributed by atoms with van der Waals surface area (Å²) in [5.74, 6) is -0.338. The molecule has 1 aromatic carbocycles. The highest BCUT2D eigenvalue weighted by atomic mass is 16.3. The Hall–Kier alpha value is -2.79. The first-order chi connectivity index (χ1) is 14.3. The summed E-state index contributed by atoms with van der Waals surface area (Å²) in [6, 6.07) is 3.90. The van der Waals surface area contributed by atoms with E-state index < -0.39 is 6.10 Å². The van der Waals surface area contributed by atoms with Gasteiger partial charge in [-0.3, -0.25) is 9.59 Å². The Morgan fingerprint density at radius 2 is 1.93 bits per heavy atom. The zero-order valence-electron chi connectivity index (χ0n) is 17.8. The van der Waals surface area contributed by atoms with Crippen LogP contribution in [0.5, 0.6) is 0 Å². The molecule has 0 fully saturated rings. The molecule has 4 rings (SSSR count). The number of benzene rings is 1. The SMILES string of the molecule is CCc1c(/C(C)=C/C2=C(C(C)=O)CCC(=O)C2O)nc2ccc(N)c3c2c1CCC3. The minimum absolute atomic E-state index is 0.0991. The van der Waals surface area contributed by atoms with Crippen LogP contribution in [-0.2, 0) is 28.9 Å². The third-order valence-electron chi connectivity index (χ3n) is 6.46. The normalized spacial score (nSPS) is 19.5. The molecule has 1 aromatic heterocycles. The van der Waals surface area contributed by atoms with Gasteiger partial charge in [0.2, 0.25) is 0 Å². The van der Waals surface area contributed by atoms with Crippen molar-refractivity contribution in [1.82, 2.24) is 4.98 Å². The molecule has 1 heterocycles. The quantitative estimate of drug-likeness (QED) is 0.755. The molecular formula is C25H28N2O3. The van der Waals surface area contributed by atoms with Crippen molar-refractivity contribution >= 4 is 33.7 Å². The van der Waals surface area contributed by atoms with Crippen molar-refractivity contribution in [2.75, 3.05) is 5.73 Å². The molecule has 1 atom stereocenters. The maximum atomic E-state index is 12.1. The van der Waals surface area contributed by atoms with Gasteiger partial charge in [0.15, 0.2) is 11.6 Å². The Bertz CT molecular complexity index is 1140. The van der Waals surface area contributed by atoms with E-state index in [9.17, 15) is 14.7 Å². The summed E-state index contributed by atoms with van der Waals surface area (Å²) in [5.41, 5.74) is 14.4. The lowest BCUT2D eigenvalue weighted by Gasteiger charge is -2.24. The van der Waals surface area contributed by atoms with E-state index in [4.69, 9.17) is 10.7 Å². The Morgan fingerprint density at radius 1 is 1.20 bits per heavy atom. The van der Waals surface area contributed by atoms with Crippen molar-refractivity contribution in [3.63, 3.8) is 0 Å². The second-order valence-corrected chi connectivity index (χ2v) is 8.34. The fourth-order valence-corrected chi connectivity index (χ4v) is 4.97. The number of carbonyl (C=O) groups is 2. The predicted molar refractivity (Wildman–Crippen MR) is 119 cm³/mol. The van der Waals surface area contributed by atoms with Gasteiger partial charge in [-0.2, -0.15) is 0 Å². The fraction of sp³-hybridized carbons (Fsp3) is 0.400. The van der Waals surface area contributed by atoms with Gasteiger partial charge < -0.3 is 10.8 Å². The summed E-state index contributed by atoms with van der Waals surface area (Å²) in [6.07, 6.45) is 4.97. The second-order valence-electron chi connectivity index (χ2n) is 8.34. The number of nitrogens with zero attached hydrogens (tertiary/aromatic N) is 1. The lowest BCUT2D eigenvalue weighted by Crippen LogP contribution is -2.29. The Morgan fingerprint density at radius 3 is 2.63 bits per heavy atom. The number of ketones is 2. The van der Waals surface area contributed by atoms with Crippen molar-refractivity contribution in [2.24, 2.45) is 0 Å². The highest BCUT2D eigenvalue weighted by Crippen LogP contribution is 2.38. The van der Waals surface area contributed by atoms with Crippen LogP contribution >= 0.6 is 0 Å². The monoisotopic (exact) mass is 404 g/mol. The number of allylic oxidation sites excluding steroid dienone is 2. The van der Waals surface area contributed by atoms with E-state index in [0.29, 0.717) is 17.6 Å². The van der Waals surface area contributed by atoms with Crippen LogP contribution in [0.1, 0.15) is 62.4 Å². The topological polar surface area (TPSA) is 93.3 Å². The summed E-state index contributed by atoms with van der Waals surface area (Å²) in [5, 5.41) is 11.7. The summed E-state index contributed by atoms with van der Waals surface area (Å²) in [7, 11) is 0. The summed E-state index contributed by atoms with van der Waals surface area (Å²) in [4.78, 5) is 29.2. The molecule has 0 aliphatic heterocycles. The van der Waals surface area contributed by atoms with Crippen LogP contribution in [-0.4, -0.2) is 27.8 Å². The molecule has 5 heteroatoms. The average molecular weight is 405 g/mol. The van der Waals surface area contributed by atoms with Gasteiger partial charge in [-0.15, -0.1) is 0 Å². The number of nitrogen functional groups attached to an aromatic ring is 1. The van der Waals surface area contributed by atoms with Crippen LogP contribution in [0.4, 0.5) is 5.69 Å². The molecular weight excluding hydrogens is 376 g/mol. The van der Waals surface area contributed by atoms with E-state index in [0.717, 1.165) is 48.2 Å². The first kappa shape index (κ1) is 20.5. The van der Waals surface area contributed by atoms with Gasteiger partial charge in [0, 0.05) is 23.1 Å². The summed E-state index contributed by atoms with van der Waals surface area (Å²) < 4.78 is 0. The summed E-state index contributed by atoms with van der Waals surface area (Å²) >= 11 is 0. The van der Waals surface area contributed by atoms with Crippen molar-refractivity contribution in [1.29, 1.82) is 0 Å². The van der Waals surface area contributed by atoms with E-state index in [-0.39, 0.29) is 18.0 Å². The van der Waals surface area contributed by atoms with E-state index >= 15 is 0 Å². The third kappa shape index (κ3) is 3.27. The zero-order valence-corrected chi connectivity index (χ0v) is 17.8. The van der Waals surface area contributed by atoms with Crippen LogP contribution < -0.4 is 5.73 Å². The van der Waals surface area contributed by atoms with Gasteiger partial charge in [0.25, 0.3) is 0 Å². The number of aliphatic hydroxyl groups excluding tert-OH is 1. The molecule has 0 bridgehead atoms. The van der Waals surface area contributed by atoms with Crippen LogP contribution in [0, 0.1) is 0 Å². The van der Waals surface area contributed by atoms with E-state index in [1.807, 2.05) is 19.1 Å². The number of pyridine rings is 1. The predicted octanol–water partition coefficient (Wildman–Crippen LogP) is 3.88. The highest BCUT2D eigenvalue weighted by Gasteiger charge is 2.29. The zero-order chi connectivity index (χ0) is 21.6. The number of rotatable bonds is 4. The molecule has 0 radical (unpaired) electrons. The number of Topliss-reactive ketones (excluding diaryl/α,β-unsaturated/α-hetero) is 2. The van der Waals surface area contributed by atoms with Crippen LogP contribution in [0.2, 0.25) is 0 Å². The molecule has 1 unspecified atom stereocenters. The maximum absolute atomic E-state index is 12.1. The molecule has 3 N–H and O–H groups in total. The van der Waals surface area contributed by atoms with Crippen molar-refractivity contribution in [3.05, 3.63) is 51.7 Å². The molecule has 2 aromatic rings. The number of aryl methyl sites for hydroxylation is 2. The first-order valence-corrected chi connectivity index (χ1v) is 10.7. The molecule has 0 spiro atoms. The van der Waals surface area contributed by atoms with Crippen LogP contribution in [0.3, 0.4) is 0 Å². The highest BCUT2D eigenvalue weighted by molar-refractivity contribution is 6.01. The Kier molecular flexibility index (Phi) is 5.33. The Labute approximate surface area is 176 Å². The van der Waals surface area contributed by atoms with Crippen molar-refractivity contribution < 1.29 is 14.7 Å². The van der Waals surface area contributed by atoms with E-state index in [2.05, 4.69) is 6.92 Å². The van der Waals surface area contributed by atoms with Crippen LogP contribution in [0.15, 0.2) is 29.4 Å². The summed E-state index contributed by atoms with van der Waals surface area (Å²) in [6.45, 7) is 5.55. The smallest absolute Gasteiger partial charge is 0.166 e. The van der Waals surface area contributed by atoms with Gasteiger partial charge in [-0.05, 0) is 85.9 Å². The third-order valence-corrected chi connectivity index (χ3v) is 6.46. The number of carbonyl (C=O) groups excluding carboxylic acids is 2. The number of nitrogens with two attached hydrogens (primary N) is 1. The van der Waals surface area contributed by atoms with Crippen molar-refractivity contribution in [3.8, 4) is 0 Å². The minimum atomic E-state index is -1.25. The van der Waals surface area contributed by atoms with E-state index in [1.54, 1.807) is 6.08 Å². The lowest BCUT2D eigenvalue weighted by atomic mass is 9.83. The molecule has 30 heavy (non-hydrogen) atoms. The first-order valence-electron chi connectivity index (χ1n) is 10.7. The standard InChI is InChI=1S/C25H28N2O3/c1-4-15-17-6-5-7-18-20(26)9-10-21(23(17)18)27-24(15)13(2)12-19-16(14(3)28)8-11-22(29)25(19)30/h9-10,12,25,30H,4-8,11,26H2,1-3H3/b13-12+. The average Bonchev–Trinajstić information content (AvgIpc) is 2.73. The number of anilines is 1. The number of aliphatic hydroxyl groups is 1. The maximum Gasteiger partial charge on any atom is 0.166 e. The van der Waals surface area contributed by atoms with Gasteiger partial charge in [0.05, 0.1) is 11.2 Å². The molecule has 0 saturated carbocycles. The molecule has 0 saturated heterocycles. The number of hydrogen-bond acceptors (Lipinski definition) is 5. The number of hydrogen-bond donors (Lipinski definition) is 2.